The van der Waals surface area contributed by atoms with Gasteiger partial charge in [-0.15, -0.1) is 0 Å². The van der Waals surface area contributed by atoms with Crippen molar-refractivity contribution in [2.75, 3.05) is 11.9 Å². The van der Waals surface area contributed by atoms with Crippen molar-refractivity contribution in [1.82, 2.24) is 4.98 Å². The van der Waals surface area contributed by atoms with Gasteiger partial charge in [0.1, 0.15) is 11.3 Å². The molecule has 2 N–H and O–H groups in total. The first-order valence-corrected chi connectivity index (χ1v) is 9.81. The van der Waals surface area contributed by atoms with Crippen molar-refractivity contribution in [3.05, 3.63) is 42.0 Å². The quantitative estimate of drug-likeness (QED) is 0.633. The number of fused-ring (bicyclic) bond motifs is 1. The maximum absolute atomic E-state index is 9.48. The first kappa shape index (κ1) is 17.9. The lowest BCUT2D eigenvalue weighted by atomic mass is 9.96. The summed E-state index contributed by atoms with van der Waals surface area (Å²) < 4.78 is 11.5. The number of anilines is 1. The molecule has 1 heterocycles. The van der Waals surface area contributed by atoms with E-state index in [1.807, 2.05) is 43.3 Å². The van der Waals surface area contributed by atoms with Gasteiger partial charge in [0.05, 0.1) is 13.2 Å². The average molecular weight is 366 g/mol. The van der Waals surface area contributed by atoms with Crippen molar-refractivity contribution >= 4 is 17.1 Å². The van der Waals surface area contributed by atoms with E-state index in [1.54, 1.807) is 0 Å². The molecule has 5 nitrogen and oxygen atoms in total. The molecule has 1 aliphatic carbocycles. The minimum Gasteiger partial charge on any atom is -0.493 e. The van der Waals surface area contributed by atoms with Crippen LogP contribution in [0.25, 0.3) is 22.2 Å². The molecule has 0 radical (unpaired) electrons. The van der Waals surface area contributed by atoms with Gasteiger partial charge in [-0.25, -0.2) is 0 Å². The van der Waals surface area contributed by atoms with Crippen LogP contribution in [0.5, 0.6) is 5.75 Å². The van der Waals surface area contributed by atoms with E-state index in [0.717, 1.165) is 33.5 Å². The van der Waals surface area contributed by atoms with Gasteiger partial charge in [0, 0.05) is 11.6 Å². The van der Waals surface area contributed by atoms with Gasteiger partial charge in [-0.3, -0.25) is 0 Å². The Hall–Kier alpha value is -2.53. The summed E-state index contributed by atoms with van der Waals surface area (Å²) in [7, 11) is 0. The van der Waals surface area contributed by atoms with Crippen molar-refractivity contribution < 1.29 is 14.3 Å². The Morgan fingerprint density at radius 1 is 1.11 bits per heavy atom. The fourth-order valence-electron chi connectivity index (χ4n) is 3.74. The van der Waals surface area contributed by atoms with Crippen LogP contribution in [-0.4, -0.2) is 22.7 Å². The van der Waals surface area contributed by atoms with Crippen molar-refractivity contribution in [3.8, 4) is 16.9 Å². The summed E-state index contributed by atoms with van der Waals surface area (Å²) in [5.41, 5.74) is 4.50. The Bertz CT molecular complexity index is 913. The minimum absolute atomic E-state index is 0.0336. The molecule has 2 aromatic carbocycles. The number of nitrogens with one attached hydrogen (secondary N) is 1. The topological polar surface area (TPSA) is 67.5 Å². The lowest BCUT2D eigenvalue weighted by Gasteiger charge is -2.21. The second-order valence-electron chi connectivity index (χ2n) is 7.09. The lowest BCUT2D eigenvalue weighted by molar-refractivity contribution is 0.267. The molecular formula is C22H26N2O3. The number of aromatic nitrogens is 1. The van der Waals surface area contributed by atoms with Gasteiger partial charge >= 0.3 is 0 Å². The molecule has 0 bridgehead atoms. The van der Waals surface area contributed by atoms with Crippen LogP contribution in [0.3, 0.4) is 0 Å². The summed E-state index contributed by atoms with van der Waals surface area (Å²) in [5, 5.41) is 12.9. The zero-order chi connectivity index (χ0) is 18.6. The van der Waals surface area contributed by atoms with Crippen LogP contribution in [0.2, 0.25) is 0 Å². The molecule has 3 aromatic rings. The number of nitrogens with zero attached hydrogens (tertiary/aromatic N) is 1. The predicted octanol–water partition coefficient (Wildman–Crippen LogP) is 5.13. The summed E-state index contributed by atoms with van der Waals surface area (Å²) in [5.74, 6) is 0.720. The van der Waals surface area contributed by atoms with Crippen molar-refractivity contribution in [2.45, 2.75) is 51.7 Å². The molecule has 0 unspecified atom stereocenters. The van der Waals surface area contributed by atoms with Crippen LogP contribution < -0.4 is 10.1 Å². The van der Waals surface area contributed by atoms with Crippen LogP contribution in [0.1, 0.15) is 44.6 Å². The SMILES string of the molecule is CCOc1cc(-c2ccc3oc(NC4CCCCC4)nc3c2)ccc1CO. The molecule has 5 heteroatoms. The highest BCUT2D eigenvalue weighted by Gasteiger charge is 2.16. The molecule has 0 atom stereocenters. The van der Waals surface area contributed by atoms with Crippen LogP contribution in [0, 0.1) is 0 Å². The molecule has 1 aliphatic rings. The molecular weight excluding hydrogens is 340 g/mol. The third-order valence-electron chi connectivity index (χ3n) is 5.19. The third kappa shape index (κ3) is 3.93. The van der Waals surface area contributed by atoms with E-state index in [9.17, 15) is 5.11 Å². The lowest BCUT2D eigenvalue weighted by Crippen LogP contribution is -2.22. The molecule has 4 rings (SSSR count). The van der Waals surface area contributed by atoms with Gasteiger partial charge in [-0.2, -0.15) is 4.98 Å². The molecule has 0 saturated heterocycles. The van der Waals surface area contributed by atoms with Gasteiger partial charge in [-0.1, -0.05) is 37.5 Å². The van der Waals surface area contributed by atoms with E-state index in [2.05, 4.69) is 10.3 Å². The van der Waals surface area contributed by atoms with Crippen molar-refractivity contribution in [1.29, 1.82) is 0 Å². The van der Waals surface area contributed by atoms with Crippen LogP contribution in [-0.2, 0) is 6.61 Å². The molecule has 0 spiro atoms. The fourth-order valence-corrected chi connectivity index (χ4v) is 3.74. The van der Waals surface area contributed by atoms with E-state index in [0.29, 0.717) is 18.7 Å². The number of benzene rings is 2. The summed E-state index contributed by atoms with van der Waals surface area (Å²) in [6.07, 6.45) is 6.23. The van der Waals surface area contributed by atoms with Crippen molar-refractivity contribution in [2.24, 2.45) is 0 Å². The van der Waals surface area contributed by atoms with Crippen LogP contribution >= 0.6 is 0 Å². The van der Waals surface area contributed by atoms with Gasteiger partial charge in [-0.05, 0) is 49.1 Å². The normalized spacial score (nSPS) is 15.2. The van der Waals surface area contributed by atoms with E-state index in [1.165, 1.54) is 32.1 Å². The predicted molar refractivity (Wildman–Crippen MR) is 107 cm³/mol. The zero-order valence-corrected chi connectivity index (χ0v) is 15.7. The number of rotatable bonds is 6. The number of aliphatic hydroxyl groups excluding tert-OH is 1. The second kappa shape index (κ2) is 8.01. The Kier molecular flexibility index (Phi) is 5.30. The number of ether oxygens (including phenoxy) is 1. The van der Waals surface area contributed by atoms with Gasteiger partial charge in [0.2, 0.25) is 0 Å². The monoisotopic (exact) mass is 366 g/mol. The van der Waals surface area contributed by atoms with E-state index >= 15 is 0 Å². The van der Waals surface area contributed by atoms with E-state index in [-0.39, 0.29) is 6.61 Å². The Labute approximate surface area is 159 Å². The Balaban J connectivity index is 1.60. The number of oxazole rings is 1. The third-order valence-corrected chi connectivity index (χ3v) is 5.19. The highest BCUT2D eigenvalue weighted by atomic mass is 16.5. The van der Waals surface area contributed by atoms with E-state index in [4.69, 9.17) is 9.15 Å². The molecule has 142 valence electrons. The summed E-state index contributed by atoms with van der Waals surface area (Å²) in [6, 6.07) is 13.0. The minimum atomic E-state index is -0.0336. The average Bonchev–Trinajstić information content (AvgIpc) is 3.10. The van der Waals surface area contributed by atoms with Crippen molar-refractivity contribution in [3.63, 3.8) is 0 Å². The molecule has 0 aliphatic heterocycles. The molecule has 0 amide bonds. The second-order valence-corrected chi connectivity index (χ2v) is 7.09. The summed E-state index contributed by atoms with van der Waals surface area (Å²) in [4.78, 5) is 4.64. The van der Waals surface area contributed by atoms with E-state index < -0.39 is 0 Å². The molecule has 1 fully saturated rings. The van der Waals surface area contributed by atoms with Gasteiger partial charge in [0.15, 0.2) is 5.58 Å². The Morgan fingerprint density at radius 2 is 1.89 bits per heavy atom. The summed E-state index contributed by atoms with van der Waals surface area (Å²) >= 11 is 0. The molecule has 1 saturated carbocycles. The molecule has 1 aromatic heterocycles. The number of aliphatic hydroxyl groups is 1. The first-order valence-electron chi connectivity index (χ1n) is 9.81. The Morgan fingerprint density at radius 3 is 2.67 bits per heavy atom. The number of hydrogen-bond donors (Lipinski definition) is 2. The maximum atomic E-state index is 9.48. The van der Waals surface area contributed by atoms with Gasteiger partial charge in [0.25, 0.3) is 6.01 Å². The smallest absolute Gasteiger partial charge is 0.295 e. The number of hydrogen-bond acceptors (Lipinski definition) is 5. The summed E-state index contributed by atoms with van der Waals surface area (Å²) in [6.45, 7) is 2.47. The standard InChI is InChI=1S/C22H26N2O3/c1-2-26-21-13-16(8-9-17(21)14-25)15-10-11-20-19(12-15)24-22(27-20)23-18-6-4-3-5-7-18/h8-13,18,25H,2-7,14H2,1H3,(H,23,24). The highest BCUT2D eigenvalue weighted by molar-refractivity contribution is 5.82. The highest BCUT2D eigenvalue weighted by Crippen LogP contribution is 2.31. The zero-order valence-electron chi connectivity index (χ0n) is 15.7. The first-order chi connectivity index (χ1) is 13.3. The maximum Gasteiger partial charge on any atom is 0.295 e. The largest absolute Gasteiger partial charge is 0.493 e. The molecule has 27 heavy (non-hydrogen) atoms. The van der Waals surface area contributed by atoms with Crippen LogP contribution in [0.4, 0.5) is 6.01 Å². The fraction of sp³-hybridized carbons (Fsp3) is 0.409. The van der Waals surface area contributed by atoms with Gasteiger partial charge < -0.3 is 19.6 Å². The van der Waals surface area contributed by atoms with Crippen LogP contribution in [0.15, 0.2) is 40.8 Å².